The van der Waals surface area contributed by atoms with Crippen LogP contribution in [0.3, 0.4) is 0 Å². The van der Waals surface area contributed by atoms with E-state index < -0.39 is 0 Å². The monoisotopic (exact) mass is 235 g/mol. The Hall–Kier alpha value is -1.58. The molecule has 0 aliphatic carbocycles. The lowest BCUT2D eigenvalue weighted by molar-refractivity contribution is 0.276. The second-order valence-electron chi connectivity index (χ2n) is 3.17. The number of para-hydroxylation sites is 1. The summed E-state index contributed by atoms with van der Waals surface area (Å²) in [4.78, 5) is 3.94. The molecule has 2 rings (SSSR count). The molecule has 0 aliphatic rings. The van der Waals surface area contributed by atoms with Crippen LogP contribution in [0.25, 0.3) is 0 Å². The molecule has 1 N–H and O–H groups in total. The molecule has 1 aromatic carbocycles. The van der Waals surface area contributed by atoms with Gasteiger partial charge in [-0.05, 0) is 18.2 Å². The van der Waals surface area contributed by atoms with Crippen molar-refractivity contribution in [2.75, 3.05) is 0 Å². The minimum absolute atomic E-state index is 0.0949. The number of aliphatic hydroxyl groups is 1. The number of benzene rings is 1. The fraction of sp³-hybridized carbons (Fsp3) is 0.0833. The molecule has 1 aromatic heterocycles. The van der Waals surface area contributed by atoms with E-state index in [1.54, 1.807) is 30.6 Å². The van der Waals surface area contributed by atoms with Crippen LogP contribution in [0.1, 0.15) is 5.56 Å². The van der Waals surface area contributed by atoms with E-state index >= 15 is 0 Å². The highest BCUT2D eigenvalue weighted by Crippen LogP contribution is 2.30. The Bertz CT molecular complexity index is 488. The van der Waals surface area contributed by atoms with E-state index in [0.717, 1.165) is 0 Å². The van der Waals surface area contributed by atoms with Gasteiger partial charge < -0.3 is 9.84 Å². The third kappa shape index (κ3) is 2.32. The van der Waals surface area contributed by atoms with E-state index in [2.05, 4.69) is 4.98 Å². The largest absolute Gasteiger partial charge is 0.454 e. The van der Waals surface area contributed by atoms with Crippen LogP contribution in [0.5, 0.6) is 11.5 Å². The number of rotatable bonds is 3. The second-order valence-corrected chi connectivity index (χ2v) is 3.58. The Labute approximate surface area is 98.3 Å². The predicted molar refractivity (Wildman–Crippen MR) is 61.7 cm³/mol. The van der Waals surface area contributed by atoms with Gasteiger partial charge in [0.25, 0.3) is 0 Å². The number of aliphatic hydroxyl groups excluding tert-OH is 1. The Morgan fingerprint density at radius 1 is 1.19 bits per heavy atom. The molecular weight excluding hydrogens is 226 g/mol. The second kappa shape index (κ2) is 4.96. The van der Waals surface area contributed by atoms with Crippen LogP contribution in [0, 0.1) is 0 Å². The van der Waals surface area contributed by atoms with Gasteiger partial charge in [0.2, 0.25) is 0 Å². The van der Waals surface area contributed by atoms with Crippen LogP contribution in [0.2, 0.25) is 5.02 Å². The van der Waals surface area contributed by atoms with Crippen LogP contribution in [-0.4, -0.2) is 10.1 Å². The van der Waals surface area contributed by atoms with E-state index in [1.807, 2.05) is 12.1 Å². The summed E-state index contributed by atoms with van der Waals surface area (Å²) in [5.74, 6) is 1.06. The highest BCUT2D eigenvalue weighted by Gasteiger charge is 2.06. The molecule has 0 saturated heterocycles. The Balaban J connectivity index is 2.30. The molecule has 1 heterocycles. The van der Waals surface area contributed by atoms with E-state index in [0.29, 0.717) is 22.1 Å². The van der Waals surface area contributed by atoms with Gasteiger partial charge in [0, 0.05) is 11.8 Å². The molecule has 3 nitrogen and oxygen atoms in total. The lowest BCUT2D eigenvalue weighted by atomic mass is 10.2. The molecule has 16 heavy (non-hydrogen) atoms. The van der Waals surface area contributed by atoms with Crippen LogP contribution in [-0.2, 0) is 6.61 Å². The van der Waals surface area contributed by atoms with Crippen LogP contribution >= 0.6 is 11.6 Å². The van der Waals surface area contributed by atoms with Crippen LogP contribution < -0.4 is 4.74 Å². The van der Waals surface area contributed by atoms with Crippen molar-refractivity contribution in [2.45, 2.75) is 6.61 Å². The van der Waals surface area contributed by atoms with Gasteiger partial charge in [-0.1, -0.05) is 23.7 Å². The summed E-state index contributed by atoms with van der Waals surface area (Å²) in [5.41, 5.74) is 0.676. The minimum atomic E-state index is -0.0949. The van der Waals surface area contributed by atoms with Crippen LogP contribution in [0.15, 0.2) is 42.7 Å². The fourth-order valence-electron chi connectivity index (χ4n) is 1.28. The van der Waals surface area contributed by atoms with Crippen molar-refractivity contribution in [3.63, 3.8) is 0 Å². The van der Waals surface area contributed by atoms with Crippen molar-refractivity contribution in [3.05, 3.63) is 53.3 Å². The maximum Gasteiger partial charge on any atom is 0.151 e. The van der Waals surface area contributed by atoms with Crippen LogP contribution in [0.4, 0.5) is 0 Å². The fourth-order valence-corrected chi connectivity index (χ4v) is 1.45. The molecule has 0 amide bonds. The first-order chi connectivity index (χ1) is 7.81. The summed E-state index contributed by atoms with van der Waals surface area (Å²) in [6, 6.07) is 8.86. The van der Waals surface area contributed by atoms with E-state index in [-0.39, 0.29) is 6.61 Å². The Morgan fingerprint density at radius 3 is 2.75 bits per heavy atom. The Kier molecular flexibility index (Phi) is 3.39. The van der Waals surface area contributed by atoms with Gasteiger partial charge in [-0.3, -0.25) is 4.98 Å². The summed E-state index contributed by atoms with van der Waals surface area (Å²) in [7, 11) is 0. The molecule has 0 fully saturated rings. The molecule has 0 bridgehead atoms. The number of hydrogen-bond donors (Lipinski definition) is 1. The van der Waals surface area contributed by atoms with Gasteiger partial charge >= 0.3 is 0 Å². The molecule has 0 aliphatic heterocycles. The lowest BCUT2D eigenvalue weighted by Gasteiger charge is -2.09. The van der Waals surface area contributed by atoms with Gasteiger partial charge in [0.05, 0.1) is 17.8 Å². The normalized spacial score (nSPS) is 10.1. The number of ether oxygens (including phenoxy) is 1. The zero-order chi connectivity index (χ0) is 11.4. The number of nitrogens with zero attached hydrogens (tertiary/aromatic N) is 1. The first-order valence-electron chi connectivity index (χ1n) is 4.77. The molecule has 4 heteroatoms. The van der Waals surface area contributed by atoms with Crippen molar-refractivity contribution >= 4 is 11.6 Å². The molecule has 0 unspecified atom stereocenters. The highest BCUT2D eigenvalue weighted by molar-refractivity contribution is 6.32. The van der Waals surface area contributed by atoms with Crippen molar-refractivity contribution in [3.8, 4) is 11.5 Å². The quantitative estimate of drug-likeness (QED) is 0.889. The summed E-state index contributed by atoms with van der Waals surface area (Å²) in [6.45, 7) is -0.0949. The van der Waals surface area contributed by atoms with Crippen molar-refractivity contribution in [2.24, 2.45) is 0 Å². The van der Waals surface area contributed by atoms with Gasteiger partial charge in [-0.25, -0.2) is 0 Å². The number of halogens is 1. The lowest BCUT2D eigenvalue weighted by Crippen LogP contribution is -1.92. The first kappa shape index (κ1) is 10.9. The topological polar surface area (TPSA) is 42.4 Å². The Morgan fingerprint density at radius 2 is 2.00 bits per heavy atom. The molecule has 0 atom stereocenters. The minimum Gasteiger partial charge on any atom is -0.454 e. The van der Waals surface area contributed by atoms with Crippen molar-refractivity contribution < 1.29 is 9.84 Å². The zero-order valence-electron chi connectivity index (χ0n) is 8.43. The average molecular weight is 236 g/mol. The average Bonchev–Trinajstić information content (AvgIpc) is 2.33. The number of hydrogen-bond acceptors (Lipinski definition) is 3. The van der Waals surface area contributed by atoms with E-state index in [4.69, 9.17) is 21.4 Å². The summed E-state index contributed by atoms with van der Waals surface area (Å²) in [6.07, 6.45) is 3.15. The maximum atomic E-state index is 9.12. The number of pyridine rings is 1. The van der Waals surface area contributed by atoms with Crippen molar-refractivity contribution in [1.82, 2.24) is 4.98 Å². The first-order valence-corrected chi connectivity index (χ1v) is 5.15. The van der Waals surface area contributed by atoms with Gasteiger partial charge in [-0.2, -0.15) is 0 Å². The smallest absolute Gasteiger partial charge is 0.151 e. The standard InChI is InChI=1S/C12H10ClNO2/c13-10-3-1-2-4-11(10)16-12-7-14-6-5-9(12)8-15/h1-7,15H,8H2. The van der Waals surface area contributed by atoms with Gasteiger partial charge in [0.15, 0.2) is 5.75 Å². The van der Waals surface area contributed by atoms with Gasteiger partial charge in [0.1, 0.15) is 5.75 Å². The molecule has 0 saturated carbocycles. The highest BCUT2D eigenvalue weighted by atomic mass is 35.5. The zero-order valence-corrected chi connectivity index (χ0v) is 9.19. The summed E-state index contributed by atoms with van der Waals surface area (Å²) >= 11 is 5.96. The molecule has 82 valence electrons. The molecule has 0 spiro atoms. The molecular formula is C12H10ClNO2. The maximum absolute atomic E-state index is 9.12. The summed E-state index contributed by atoms with van der Waals surface area (Å²) in [5, 5.41) is 9.65. The third-order valence-corrected chi connectivity index (χ3v) is 2.41. The number of aromatic nitrogens is 1. The van der Waals surface area contributed by atoms with Crippen molar-refractivity contribution in [1.29, 1.82) is 0 Å². The molecule has 0 radical (unpaired) electrons. The summed E-state index contributed by atoms with van der Waals surface area (Å²) < 4.78 is 5.58. The van der Waals surface area contributed by atoms with Gasteiger partial charge in [-0.15, -0.1) is 0 Å². The van der Waals surface area contributed by atoms with E-state index in [1.165, 1.54) is 0 Å². The SMILES string of the molecule is OCc1ccncc1Oc1ccccc1Cl. The molecule has 2 aromatic rings. The van der Waals surface area contributed by atoms with E-state index in [9.17, 15) is 0 Å². The predicted octanol–water partition coefficient (Wildman–Crippen LogP) is 3.02. The third-order valence-electron chi connectivity index (χ3n) is 2.10.